The summed E-state index contributed by atoms with van der Waals surface area (Å²) >= 11 is 0. The monoisotopic (exact) mass is 241 g/mol. The van der Waals surface area contributed by atoms with Gasteiger partial charge in [-0.1, -0.05) is 35.9 Å². The van der Waals surface area contributed by atoms with E-state index in [0.717, 1.165) is 11.1 Å². The molecule has 2 aromatic rings. The molecule has 0 saturated carbocycles. The molecule has 0 aliphatic heterocycles. The van der Waals surface area contributed by atoms with E-state index in [2.05, 4.69) is 17.1 Å². The largest absolute Gasteiger partial charge is 0.461 e. The SMILES string of the molecule is CCOC(=O)c1ccc(-c2ccc(C)cc2)cn1. The minimum absolute atomic E-state index is 0.340. The summed E-state index contributed by atoms with van der Waals surface area (Å²) in [5.41, 5.74) is 3.63. The van der Waals surface area contributed by atoms with Gasteiger partial charge in [-0.3, -0.25) is 0 Å². The Labute approximate surface area is 106 Å². The van der Waals surface area contributed by atoms with Crippen molar-refractivity contribution in [3.63, 3.8) is 0 Å². The van der Waals surface area contributed by atoms with Gasteiger partial charge in [-0.15, -0.1) is 0 Å². The van der Waals surface area contributed by atoms with Crippen molar-refractivity contribution in [3.8, 4) is 11.1 Å². The van der Waals surface area contributed by atoms with E-state index in [4.69, 9.17) is 4.74 Å². The van der Waals surface area contributed by atoms with Gasteiger partial charge in [0.2, 0.25) is 0 Å². The van der Waals surface area contributed by atoms with Crippen LogP contribution in [0.2, 0.25) is 0 Å². The first-order chi connectivity index (χ1) is 8.70. The van der Waals surface area contributed by atoms with Crippen LogP contribution in [-0.2, 0) is 4.74 Å². The second kappa shape index (κ2) is 5.45. The van der Waals surface area contributed by atoms with Gasteiger partial charge < -0.3 is 4.74 Å². The molecule has 0 fully saturated rings. The molecule has 2 rings (SSSR count). The number of esters is 1. The zero-order chi connectivity index (χ0) is 13.0. The summed E-state index contributed by atoms with van der Waals surface area (Å²) in [7, 11) is 0. The number of carbonyl (C=O) groups excluding carboxylic acids is 1. The van der Waals surface area contributed by atoms with Crippen LogP contribution in [0.5, 0.6) is 0 Å². The summed E-state index contributed by atoms with van der Waals surface area (Å²) in [4.78, 5) is 15.6. The molecule has 0 unspecified atom stereocenters. The molecule has 3 nitrogen and oxygen atoms in total. The van der Waals surface area contributed by atoms with Crippen molar-refractivity contribution >= 4 is 5.97 Å². The lowest BCUT2D eigenvalue weighted by atomic mass is 10.1. The van der Waals surface area contributed by atoms with Crippen molar-refractivity contribution in [2.75, 3.05) is 6.61 Å². The molecule has 0 aliphatic carbocycles. The van der Waals surface area contributed by atoms with Gasteiger partial charge in [0.25, 0.3) is 0 Å². The van der Waals surface area contributed by atoms with Crippen LogP contribution in [0.1, 0.15) is 23.0 Å². The topological polar surface area (TPSA) is 39.2 Å². The number of nitrogens with zero attached hydrogens (tertiary/aromatic N) is 1. The van der Waals surface area contributed by atoms with Gasteiger partial charge in [0.15, 0.2) is 0 Å². The zero-order valence-corrected chi connectivity index (χ0v) is 10.5. The maximum atomic E-state index is 11.5. The van der Waals surface area contributed by atoms with Gasteiger partial charge in [-0.25, -0.2) is 9.78 Å². The predicted molar refractivity (Wildman–Crippen MR) is 70.4 cm³/mol. The Bertz CT molecular complexity index is 529. The lowest BCUT2D eigenvalue weighted by Gasteiger charge is -2.04. The molecule has 1 heterocycles. The lowest BCUT2D eigenvalue weighted by Crippen LogP contribution is -2.06. The molecule has 0 atom stereocenters. The Morgan fingerprint density at radius 2 is 1.78 bits per heavy atom. The minimum Gasteiger partial charge on any atom is -0.461 e. The first-order valence-electron chi connectivity index (χ1n) is 5.91. The van der Waals surface area contributed by atoms with Crippen LogP contribution in [0.3, 0.4) is 0 Å². The molecule has 0 N–H and O–H groups in total. The second-order valence-electron chi connectivity index (χ2n) is 4.02. The Balaban J connectivity index is 2.22. The third-order valence-electron chi connectivity index (χ3n) is 2.63. The number of aromatic nitrogens is 1. The molecule has 1 aromatic carbocycles. The summed E-state index contributed by atoms with van der Waals surface area (Å²) in [6.07, 6.45) is 1.69. The summed E-state index contributed by atoms with van der Waals surface area (Å²) in [5.74, 6) is -0.382. The van der Waals surface area contributed by atoms with Crippen molar-refractivity contribution in [3.05, 3.63) is 53.9 Å². The van der Waals surface area contributed by atoms with E-state index < -0.39 is 0 Å². The third-order valence-corrected chi connectivity index (χ3v) is 2.63. The van der Waals surface area contributed by atoms with Crippen molar-refractivity contribution in [1.82, 2.24) is 4.98 Å². The standard InChI is InChI=1S/C15H15NO2/c1-3-18-15(17)14-9-8-13(10-16-14)12-6-4-11(2)5-7-12/h4-10H,3H2,1-2H3. The van der Waals surface area contributed by atoms with Crippen LogP contribution < -0.4 is 0 Å². The van der Waals surface area contributed by atoms with E-state index >= 15 is 0 Å². The van der Waals surface area contributed by atoms with Crippen LogP contribution >= 0.6 is 0 Å². The smallest absolute Gasteiger partial charge is 0.356 e. The number of ether oxygens (including phenoxy) is 1. The highest BCUT2D eigenvalue weighted by atomic mass is 16.5. The summed E-state index contributed by atoms with van der Waals surface area (Å²) in [5, 5.41) is 0. The van der Waals surface area contributed by atoms with E-state index in [-0.39, 0.29) is 5.97 Å². The normalized spacial score (nSPS) is 10.1. The average molecular weight is 241 g/mol. The molecule has 0 aliphatic rings. The highest BCUT2D eigenvalue weighted by molar-refractivity contribution is 5.87. The molecule has 0 saturated heterocycles. The highest BCUT2D eigenvalue weighted by Gasteiger charge is 2.07. The quantitative estimate of drug-likeness (QED) is 0.774. The second-order valence-corrected chi connectivity index (χ2v) is 4.02. The highest BCUT2D eigenvalue weighted by Crippen LogP contribution is 2.19. The molecule has 0 spiro atoms. The van der Waals surface area contributed by atoms with Crippen molar-refractivity contribution < 1.29 is 9.53 Å². The van der Waals surface area contributed by atoms with Gasteiger partial charge in [-0.05, 0) is 25.5 Å². The van der Waals surface area contributed by atoms with Gasteiger partial charge in [-0.2, -0.15) is 0 Å². The van der Waals surface area contributed by atoms with Crippen molar-refractivity contribution in [1.29, 1.82) is 0 Å². The number of benzene rings is 1. The first kappa shape index (κ1) is 12.3. The molecule has 18 heavy (non-hydrogen) atoms. The number of pyridine rings is 1. The average Bonchev–Trinajstić information content (AvgIpc) is 2.40. The van der Waals surface area contributed by atoms with Crippen molar-refractivity contribution in [2.24, 2.45) is 0 Å². The lowest BCUT2D eigenvalue weighted by molar-refractivity contribution is 0.0519. The zero-order valence-electron chi connectivity index (χ0n) is 10.5. The van der Waals surface area contributed by atoms with Crippen LogP contribution in [0.15, 0.2) is 42.6 Å². The number of aryl methyl sites for hydroxylation is 1. The van der Waals surface area contributed by atoms with Gasteiger partial charge in [0.05, 0.1) is 6.61 Å². The molecule has 0 bridgehead atoms. The van der Waals surface area contributed by atoms with Crippen molar-refractivity contribution in [2.45, 2.75) is 13.8 Å². The first-order valence-corrected chi connectivity index (χ1v) is 5.91. The number of carbonyl (C=O) groups is 1. The fourth-order valence-corrected chi connectivity index (χ4v) is 1.64. The predicted octanol–water partition coefficient (Wildman–Crippen LogP) is 3.23. The van der Waals surface area contributed by atoms with E-state index in [1.807, 2.05) is 25.1 Å². The van der Waals surface area contributed by atoms with Gasteiger partial charge >= 0.3 is 5.97 Å². The molecule has 0 amide bonds. The van der Waals surface area contributed by atoms with Crippen LogP contribution in [0.4, 0.5) is 0 Å². The summed E-state index contributed by atoms with van der Waals surface area (Å²) in [6, 6.07) is 11.7. The van der Waals surface area contributed by atoms with Gasteiger partial charge in [0.1, 0.15) is 5.69 Å². The van der Waals surface area contributed by atoms with Crippen LogP contribution in [0, 0.1) is 6.92 Å². The molecular weight excluding hydrogens is 226 g/mol. The molecule has 1 aromatic heterocycles. The summed E-state index contributed by atoms with van der Waals surface area (Å²) in [6.45, 7) is 4.19. The summed E-state index contributed by atoms with van der Waals surface area (Å²) < 4.78 is 4.89. The molecule has 92 valence electrons. The van der Waals surface area contributed by atoms with E-state index in [0.29, 0.717) is 12.3 Å². The minimum atomic E-state index is -0.382. The number of rotatable bonds is 3. The van der Waals surface area contributed by atoms with Crippen LogP contribution in [0.25, 0.3) is 11.1 Å². The maximum absolute atomic E-state index is 11.5. The third kappa shape index (κ3) is 2.74. The van der Waals surface area contributed by atoms with E-state index in [1.165, 1.54) is 5.56 Å². The number of hydrogen-bond acceptors (Lipinski definition) is 3. The Morgan fingerprint density at radius 3 is 2.33 bits per heavy atom. The maximum Gasteiger partial charge on any atom is 0.356 e. The molecule has 3 heteroatoms. The Hall–Kier alpha value is -2.16. The van der Waals surface area contributed by atoms with E-state index in [9.17, 15) is 4.79 Å². The van der Waals surface area contributed by atoms with Gasteiger partial charge in [0, 0.05) is 11.8 Å². The Kier molecular flexibility index (Phi) is 3.72. The van der Waals surface area contributed by atoms with Crippen LogP contribution in [-0.4, -0.2) is 17.6 Å². The van der Waals surface area contributed by atoms with E-state index in [1.54, 1.807) is 19.2 Å². The molecular formula is C15H15NO2. The number of hydrogen-bond donors (Lipinski definition) is 0. The molecule has 0 radical (unpaired) electrons. The fourth-order valence-electron chi connectivity index (χ4n) is 1.64. The fraction of sp³-hybridized carbons (Fsp3) is 0.200. The Morgan fingerprint density at radius 1 is 1.11 bits per heavy atom.